The van der Waals surface area contributed by atoms with E-state index in [9.17, 15) is 0 Å². The van der Waals surface area contributed by atoms with E-state index in [0.717, 1.165) is 36.8 Å². The van der Waals surface area contributed by atoms with Gasteiger partial charge in [-0.05, 0) is 51.7 Å². The summed E-state index contributed by atoms with van der Waals surface area (Å²) in [6.45, 7) is 1.87. The van der Waals surface area contributed by atoms with Crippen molar-refractivity contribution in [2.24, 2.45) is 0 Å². The molecular formula is C14H20ClNO5. The Kier molecular flexibility index (Phi) is 10.0. The summed E-state index contributed by atoms with van der Waals surface area (Å²) in [6, 6.07) is 7.52. The third-order valence-electron chi connectivity index (χ3n) is 2.25. The van der Waals surface area contributed by atoms with Crippen LogP contribution in [-0.4, -0.2) is 54.3 Å². The molecule has 0 spiro atoms. The Morgan fingerprint density at radius 1 is 1.19 bits per heavy atom. The number of benzene rings is 1. The Bertz CT molecular complexity index is 439. The van der Waals surface area contributed by atoms with Gasteiger partial charge in [0, 0.05) is 5.02 Å². The number of ether oxygens (including phenoxy) is 1. The smallest absolute Gasteiger partial charge is 0.414 e. The Morgan fingerprint density at radius 3 is 2.29 bits per heavy atom. The molecule has 0 heterocycles. The van der Waals surface area contributed by atoms with E-state index in [1.807, 2.05) is 24.3 Å². The summed E-state index contributed by atoms with van der Waals surface area (Å²) in [6.07, 6.45) is 2.23. The molecule has 118 valence electrons. The zero-order valence-corrected chi connectivity index (χ0v) is 12.8. The maximum absolute atomic E-state index is 9.10. The van der Waals surface area contributed by atoms with Crippen LogP contribution in [-0.2, 0) is 9.59 Å². The van der Waals surface area contributed by atoms with Crippen LogP contribution >= 0.6 is 11.6 Å². The van der Waals surface area contributed by atoms with Crippen LogP contribution in [0.4, 0.5) is 0 Å². The van der Waals surface area contributed by atoms with E-state index in [0.29, 0.717) is 0 Å². The van der Waals surface area contributed by atoms with Crippen molar-refractivity contribution in [3.63, 3.8) is 0 Å². The van der Waals surface area contributed by atoms with Gasteiger partial charge in [-0.2, -0.15) is 0 Å². The summed E-state index contributed by atoms with van der Waals surface area (Å²) in [4.78, 5) is 20.4. The molecule has 0 bridgehead atoms. The van der Waals surface area contributed by atoms with Crippen LogP contribution in [0.25, 0.3) is 0 Å². The van der Waals surface area contributed by atoms with Crippen molar-refractivity contribution < 1.29 is 24.5 Å². The molecule has 0 unspecified atom stereocenters. The molecule has 1 aromatic carbocycles. The minimum atomic E-state index is -1.82. The van der Waals surface area contributed by atoms with Gasteiger partial charge in [0.2, 0.25) is 0 Å². The first-order valence-electron chi connectivity index (χ1n) is 6.32. The summed E-state index contributed by atoms with van der Waals surface area (Å²) in [7, 11) is 4.16. The third-order valence-corrected chi connectivity index (χ3v) is 2.48. The quantitative estimate of drug-likeness (QED) is 0.618. The molecule has 0 amide bonds. The average Bonchev–Trinajstić information content (AvgIpc) is 2.38. The number of halogens is 1. The van der Waals surface area contributed by atoms with Gasteiger partial charge < -0.3 is 19.8 Å². The Morgan fingerprint density at radius 2 is 1.81 bits per heavy atom. The van der Waals surface area contributed by atoms with Gasteiger partial charge in [-0.15, -0.1) is 0 Å². The van der Waals surface area contributed by atoms with Gasteiger partial charge in [0.25, 0.3) is 0 Å². The van der Waals surface area contributed by atoms with Crippen molar-refractivity contribution >= 4 is 23.5 Å². The minimum absolute atomic E-state index is 0.723. The summed E-state index contributed by atoms with van der Waals surface area (Å²) in [5.41, 5.74) is 0. The van der Waals surface area contributed by atoms with E-state index in [1.165, 1.54) is 0 Å². The van der Waals surface area contributed by atoms with Gasteiger partial charge in [0.05, 0.1) is 6.61 Å². The van der Waals surface area contributed by atoms with Gasteiger partial charge in [-0.1, -0.05) is 17.7 Å². The molecule has 1 rings (SSSR count). The van der Waals surface area contributed by atoms with E-state index >= 15 is 0 Å². The number of carboxylic acids is 2. The molecule has 0 atom stereocenters. The molecule has 1 aromatic rings. The number of hydrogen-bond donors (Lipinski definition) is 2. The standard InChI is InChI=1S/C12H18ClNO.C2H2O4/c1-14(2)8-3-4-9-15-12-7-5-6-11(13)10-12;3-1(4)2(5)6/h5-7,10H,3-4,8-9H2,1-2H3;(H,3,4)(H,5,6). The molecule has 0 aliphatic rings. The predicted octanol–water partition coefficient (Wildman–Crippen LogP) is 2.22. The summed E-state index contributed by atoms with van der Waals surface area (Å²) in [5, 5.41) is 15.5. The Balaban J connectivity index is 0.000000567. The first kappa shape index (κ1) is 19.2. The van der Waals surface area contributed by atoms with Crippen LogP contribution in [0, 0.1) is 0 Å². The average molecular weight is 318 g/mol. The lowest BCUT2D eigenvalue weighted by Crippen LogP contribution is -2.13. The monoisotopic (exact) mass is 317 g/mol. The van der Waals surface area contributed by atoms with Crippen LogP contribution in [0.3, 0.4) is 0 Å². The highest BCUT2D eigenvalue weighted by atomic mass is 35.5. The second-order valence-electron chi connectivity index (χ2n) is 4.43. The first-order chi connectivity index (χ1) is 9.82. The number of unbranched alkanes of at least 4 members (excludes halogenated alkanes) is 1. The molecule has 0 radical (unpaired) electrons. The molecule has 0 saturated carbocycles. The first-order valence-corrected chi connectivity index (χ1v) is 6.70. The summed E-state index contributed by atoms with van der Waals surface area (Å²) in [5.74, 6) is -2.79. The fourth-order valence-corrected chi connectivity index (χ4v) is 1.46. The highest BCUT2D eigenvalue weighted by Gasteiger charge is 2.04. The molecule has 7 heteroatoms. The van der Waals surface area contributed by atoms with E-state index in [-0.39, 0.29) is 0 Å². The number of nitrogens with zero attached hydrogens (tertiary/aromatic N) is 1. The van der Waals surface area contributed by atoms with E-state index < -0.39 is 11.9 Å². The Labute approximate surface area is 128 Å². The van der Waals surface area contributed by atoms with Crippen LogP contribution in [0.5, 0.6) is 5.75 Å². The lowest BCUT2D eigenvalue weighted by atomic mass is 10.3. The van der Waals surface area contributed by atoms with E-state index in [1.54, 1.807) is 0 Å². The van der Waals surface area contributed by atoms with Gasteiger partial charge >= 0.3 is 11.9 Å². The highest BCUT2D eigenvalue weighted by molar-refractivity contribution is 6.30. The van der Waals surface area contributed by atoms with E-state index in [2.05, 4.69) is 19.0 Å². The third kappa shape index (κ3) is 11.7. The van der Waals surface area contributed by atoms with Crippen LogP contribution in [0.15, 0.2) is 24.3 Å². The van der Waals surface area contributed by atoms with Crippen molar-refractivity contribution in [2.75, 3.05) is 27.2 Å². The number of hydrogen-bond acceptors (Lipinski definition) is 4. The van der Waals surface area contributed by atoms with Crippen molar-refractivity contribution in [1.29, 1.82) is 0 Å². The Hall–Kier alpha value is -1.79. The van der Waals surface area contributed by atoms with Crippen LogP contribution in [0.1, 0.15) is 12.8 Å². The molecule has 0 aromatic heterocycles. The number of carbonyl (C=O) groups is 2. The van der Waals surface area contributed by atoms with Gasteiger partial charge in [0.15, 0.2) is 0 Å². The van der Waals surface area contributed by atoms with Crippen molar-refractivity contribution in [3.8, 4) is 5.75 Å². The second-order valence-corrected chi connectivity index (χ2v) is 4.86. The molecule has 21 heavy (non-hydrogen) atoms. The molecule has 0 aliphatic heterocycles. The van der Waals surface area contributed by atoms with Crippen molar-refractivity contribution in [3.05, 3.63) is 29.3 Å². The summed E-state index contributed by atoms with van der Waals surface area (Å²) >= 11 is 5.84. The predicted molar refractivity (Wildman–Crippen MR) is 80.0 cm³/mol. The van der Waals surface area contributed by atoms with Crippen molar-refractivity contribution in [2.45, 2.75) is 12.8 Å². The molecule has 0 aliphatic carbocycles. The lowest BCUT2D eigenvalue weighted by Gasteiger charge is -2.09. The zero-order chi connectivity index (χ0) is 16.3. The van der Waals surface area contributed by atoms with Crippen LogP contribution < -0.4 is 4.74 Å². The van der Waals surface area contributed by atoms with Gasteiger partial charge in [-0.25, -0.2) is 9.59 Å². The summed E-state index contributed by atoms with van der Waals surface area (Å²) < 4.78 is 5.57. The molecule has 2 N–H and O–H groups in total. The molecular weight excluding hydrogens is 298 g/mol. The van der Waals surface area contributed by atoms with Crippen molar-refractivity contribution in [1.82, 2.24) is 4.90 Å². The fourth-order valence-electron chi connectivity index (χ4n) is 1.28. The molecule has 0 saturated heterocycles. The topological polar surface area (TPSA) is 87.1 Å². The second kappa shape index (κ2) is 10.9. The largest absolute Gasteiger partial charge is 0.494 e. The van der Waals surface area contributed by atoms with Crippen LogP contribution in [0.2, 0.25) is 5.02 Å². The molecule has 6 nitrogen and oxygen atoms in total. The highest BCUT2D eigenvalue weighted by Crippen LogP contribution is 2.17. The SMILES string of the molecule is CN(C)CCCCOc1cccc(Cl)c1.O=C(O)C(=O)O. The maximum Gasteiger partial charge on any atom is 0.414 e. The number of carboxylic acid groups (broad SMARTS) is 2. The lowest BCUT2D eigenvalue weighted by molar-refractivity contribution is -0.159. The van der Waals surface area contributed by atoms with E-state index in [4.69, 9.17) is 36.1 Å². The van der Waals surface area contributed by atoms with Gasteiger partial charge in [0.1, 0.15) is 5.75 Å². The van der Waals surface area contributed by atoms with Gasteiger partial charge in [-0.3, -0.25) is 0 Å². The minimum Gasteiger partial charge on any atom is -0.494 e. The zero-order valence-electron chi connectivity index (χ0n) is 12.1. The number of rotatable bonds is 6. The fraction of sp³-hybridized carbons (Fsp3) is 0.429. The maximum atomic E-state index is 9.10. The normalized spacial score (nSPS) is 9.71. The molecule has 0 fully saturated rings. The number of aliphatic carboxylic acids is 2.